The van der Waals surface area contributed by atoms with Crippen LogP contribution in [0.15, 0.2) is 0 Å². The topological polar surface area (TPSA) is 55.4 Å². The number of alkyl halides is 6. The van der Waals surface area contributed by atoms with Crippen LogP contribution in [-0.2, 0) is 27.1 Å². The Kier molecular flexibility index (Phi) is 11.4. The van der Waals surface area contributed by atoms with Crippen molar-refractivity contribution >= 4 is 17.2 Å². The molecule has 0 heterocycles. The molecule has 0 atom stereocenters. The Balaban J connectivity index is 5.21. The Morgan fingerprint density at radius 2 is 0.688 bits per heavy atom. The second-order valence-electron chi connectivity index (χ2n) is 10.1. The molecular formula is C18H34F6O6P2. The average Bonchev–Trinajstić information content (AvgIpc) is 2.36. The van der Waals surface area contributed by atoms with Crippen molar-refractivity contribution < 1.29 is 53.5 Å². The molecule has 0 N–H and O–H groups in total. The second-order valence-corrected chi connectivity index (χ2v) is 12.1. The molecule has 0 amide bonds. The van der Waals surface area contributed by atoms with Crippen molar-refractivity contribution in [3.05, 3.63) is 0 Å². The molecule has 0 saturated carbocycles. The first-order chi connectivity index (χ1) is 13.8. The van der Waals surface area contributed by atoms with E-state index in [0.717, 1.165) is 0 Å². The van der Waals surface area contributed by atoms with Crippen LogP contribution in [0.2, 0.25) is 0 Å². The van der Waals surface area contributed by atoms with Crippen LogP contribution in [0, 0.1) is 0 Å². The van der Waals surface area contributed by atoms with E-state index in [1.807, 2.05) is 41.5 Å². The molecule has 6 nitrogen and oxygen atoms in total. The van der Waals surface area contributed by atoms with Gasteiger partial charge in [-0.05, 0) is 82.1 Å². The molecule has 0 radical (unpaired) electrons. The van der Waals surface area contributed by atoms with Gasteiger partial charge in [0.05, 0.1) is 22.4 Å². The summed E-state index contributed by atoms with van der Waals surface area (Å²) in [5.41, 5.74) is -3.51. The van der Waals surface area contributed by atoms with E-state index in [4.69, 9.17) is 18.1 Å². The van der Waals surface area contributed by atoms with Gasteiger partial charge >= 0.3 is 29.9 Å². The molecule has 0 saturated heterocycles. The molecule has 0 aliphatic carbocycles. The fraction of sp³-hybridized carbons (Fsp3) is 1.00. The van der Waals surface area contributed by atoms with Crippen molar-refractivity contribution in [1.82, 2.24) is 0 Å². The maximum atomic E-state index is 12.5. The van der Waals surface area contributed by atoms with Crippen LogP contribution in [0.25, 0.3) is 0 Å². The van der Waals surface area contributed by atoms with Gasteiger partial charge < -0.3 is 18.1 Å². The van der Waals surface area contributed by atoms with Crippen LogP contribution in [0.3, 0.4) is 0 Å². The summed E-state index contributed by atoms with van der Waals surface area (Å²) in [5.74, 6) is 0. The Morgan fingerprint density at radius 3 is 0.906 bits per heavy atom. The lowest BCUT2D eigenvalue weighted by molar-refractivity contribution is -0.310. The molecule has 32 heavy (non-hydrogen) atoms. The molecule has 0 unspecified atom stereocenters. The van der Waals surface area contributed by atoms with Gasteiger partial charge in [0.15, 0.2) is 0 Å². The SMILES string of the molecule is CC(C)(C)OP(OC(C)(C)C)OC(C)(C)CCC(C)(C)OP(OC(F)(F)F)OC(F)(F)F. The van der Waals surface area contributed by atoms with Crippen LogP contribution in [0.1, 0.15) is 82.1 Å². The quantitative estimate of drug-likeness (QED) is 0.200. The molecular weight excluding hydrogens is 488 g/mol. The summed E-state index contributed by atoms with van der Waals surface area (Å²) in [6, 6.07) is 0. The first-order valence-electron chi connectivity index (χ1n) is 9.66. The molecule has 0 aliphatic rings. The smallest absolute Gasteiger partial charge is 0.306 e. The standard InChI is InChI=1S/C18H34F6O6P2/c1-13(2,3)25-31(26-14(4,5)6)27-15(7,8)11-12-16(9,10)28-32(29-17(19,20)21)30-18(22,23)24/h11-12H2,1-10H3. The zero-order chi connectivity index (χ0) is 25.8. The van der Waals surface area contributed by atoms with Gasteiger partial charge in [0.2, 0.25) is 0 Å². The summed E-state index contributed by atoms with van der Waals surface area (Å²) in [5, 5.41) is 0. The summed E-state index contributed by atoms with van der Waals surface area (Å²) in [6.07, 6.45) is -10.5. The Labute approximate surface area is 188 Å². The van der Waals surface area contributed by atoms with E-state index >= 15 is 0 Å². The highest BCUT2D eigenvalue weighted by molar-refractivity contribution is 7.42. The lowest BCUT2D eigenvalue weighted by Gasteiger charge is -2.37. The van der Waals surface area contributed by atoms with Gasteiger partial charge in [-0.15, -0.1) is 26.3 Å². The Morgan fingerprint density at radius 1 is 0.438 bits per heavy atom. The predicted molar refractivity (Wildman–Crippen MR) is 109 cm³/mol. The van der Waals surface area contributed by atoms with Gasteiger partial charge in [0.25, 0.3) is 0 Å². The minimum absolute atomic E-state index is 0.0233. The minimum Gasteiger partial charge on any atom is -0.306 e. The van der Waals surface area contributed by atoms with Crippen molar-refractivity contribution in [1.29, 1.82) is 0 Å². The van der Waals surface area contributed by atoms with Gasteiger partial charge in [0.1, 0.15) is 0 Å². The molecule has 194 valence electrons. The van der Waals surface area contributed by atoms with Crippen molar-refractivity contribution in [2.45, 2.75) is 117 Å². The summed E-state index contributed by atoms with van der Waals surface area (Å²) in [7, 11) is -5.57. The molecule has 0 aromatic heterocycles. The fourth-order valence-corrected chi connectivity index (χ4v) is 4.27. The molecule has 0 aliphatic heterocycles. The van der Waals surface area contributed by atoms with Crippen LogP contribution in [0.4, 0.5) is 26.3 Å². The fourth-order valence-electron chi connectivity index (χ4n) is 1.82. The highest BCUT2D eigenvalue weighted by Gasteiger charge is 2.45. The Hall–Kier alpha value is 0.200. The maximum absolute atomic E-state index is 12.5. The van der Waals surface area contributed by atoms with Gasteiger partial charge in [-0.25, -0.2) is 9.05 Å². The molecule has 0 fully saturated rings. The number of rotatable bonds is 11. The van der Waals surface area contributed by atoms with Gasteiger partial charge in [-0.3, -0.25) is 0 Å². The predicted octanol–water partition coefficient (Wildman–Crippen LogP) is 8.51. The van der Waals surface area contributed by atoms with Gasteiger partial charge in [0, 0.05) is 0 Å². The lowest BCUT2D eigenvalue weighted by Crippen LogP contribution is -2.32. The first-order valence-corrected chi connectivity index (χ1v) is 11.9. The zero-order valence-corrected chi connectivity index (χ0v) is 21.8. The summed E-state index contributed by atoms with van der Waals surface area (Å²) in [6.45, 7) is 17.0. The van der Waals surface area contributed by atoms with Crippen molar-refractivity contribution in [2.75, 3.05) is 0 Å². The first kappa shape index (κ1) is 32.2. The van der Waals surface area contributed by atoms with E-state index in [2.05, 4.69) is 9.05 Å². The zero-order valence-electron chi connectivity index (χ0n) is 20.0. The minimum atomic E-state index is -5.36. The van der Waals surface area contributed by atoms with Crippen LogP contribution >= 0.6 is 17.2 Å². The molecule has 0 aromatic rings. The van der Waals surface area contributed by atoms with E-state index in [-0.39, 0.29) is 12.8 Å². The maximum Gasteiger partial charge on any atom is 0.529 e. The van der Waals surface area contributed by atoms with Gasteiger partial charge in [-0.1, -0.05) is 0 Å². The highest BCUT2D eigenvalue weighted by atomic mass is 31.2. The number of halogens is 6. The third-order valence-electron chi connectivity index (χ3n) is 3.03. The van der Waals surface area contributed by atoms with Crippen LogP contribution in [-0.4, -0.2) is 35.1 Å². The molecule has 0 spiro atoms. The summed E-state index contributed by atoms with van der Waals surface area (Å²) < 4.78 is 104. The third kappa shape index (κ3) is 18.6. The second kappa shape index (κ2) is 11.3. The van der Waals surface area contributed by atoms with E-state index in [1.54, 1.807) is 13.8 Å². The Bertz CT molecular complexity index is 488. The van der Waals surface area contributed by atoms with Gasteiger partial charge in [-0.2, -0.15) is 0 Å². The largest absolute Gasteiger partial charge is 0.529 e. The van der Waals surface area contributed by atoms with Crippen molar-refractivity contribution in [2.24, 2.45) is 0 Å². The van der Waals surface area contributed by atoms with E-state index in [0.29, 0.717) is 0 Å². The monoisotopic (exact) mass is 522 g/mol. The molecule has 0 rings (SSSR count). The number of hydrogen-bond donors (Lipinski definition) is 0. The van der Waals surface area contributed by atoms with Crippen molar-refractivity contribution in [3.63, 3.8) is 0 Å². The average molecular weight is 522 g/mol. The van der Waals surface area contributed by atoms with E-state index < -0.39 is 52.3 Å². The summed E-state index contributed by atoms with van der Waals surface area (Å²) in [4.78, 5) is 0. The van der Waals surface area contributed by atoms with E-state index in [1.165, 1.54) is 13.8 Å². The molecule has 0 aromatic carbocycles. The third-order valence-corrected chi connectivity index (χ3v) is 6.42. The number of hydrogen-bond acceptors (Lipinski definition) is 6. The normalized spacial score (nSPS) is 15.2. The molecule has 14 heteroatoms. The molecule has 0 bridgehead atoms. The van der Waals surface area contributed by atoms with Crippen LogP contribution < -0.4 is 0 Å². The highest BCUT2D eigenvalue weighted by Crippen LogP contribution is 2.54. The summed E-state index contributed by atoms with van der Waals surface area (Å²) >= 11 is 0. The van der Waals surface area contributed by atoms with E-state index in [9.17, 15) is 26.3 Å². The van der Waals surface area contributed by atoms with Crippen LogP contribution in [0.5, 0.6) is 0 Å². The lowest BCUT2D eigenvalue weighted by atomic mass is 9.94. The van der Waals surface area contributed by atoms with Crippen molar-refractivity contribution in [3.8, 4) is 0 Å².